The van der Waals surface area contributed by atoms with Gasteiger partial charge in [0.2, 0.25) is 17.6 Å². The van der Waals surface area contributed by atoms with Crippen LogP contribution in [0.2, 0.25) is 5.02 Å². The Morgan fingerprint density at radius 1 is 1.03 bits per heavy atom. The molecule has 2 aromatic carbocycles. The summed E-state index contributed by atoms with van der Waals surface area (Å²) in [6.07, 6.45) is 1.44. The van der Waals surface area contributed by atoms with Crippen LogP contribution in [0.15, 0.2) is 35.4 Å². The van der Waals surface area contributed by atoms with Gasteiger partial charge in [-0.3, -0.25) is 9.59 Å². The summed E-state index contributed by atoms with van der Waals surface area (Å²) in [5.41, 5.74) is 4.42. The van der Waals surface area contributed by atoms with Crippen LogP contribution in [-0.2, 0) is 9.59 Å². The second kappa shape index (κ2) is 11.1. The number of carbonyl (C=O) groups is 2. The maximum atomic E-state index is 12.1. The van der Waals surface area contributed by atoms with Crippen molar-refractivity contribution in [1.82, 2.24) is 5.43 Å². The summed E-state index contributed by atoms with van der Waals surface area (Å²) in [5.74, 6) is 0.720. The summed E-state index contributed by atoms with van der Waals surface area (Å²) in [5, 5.41) is 7.21. The number of nitrogens with zero attached hydrogens (tertiary/aromatic N) is 1. The van der Waals surface area contributed by atoms with Gasteiger partial charge in [-0.15, -0.1) is 0 Å². The fourth-order valence-corrected chi connectivity index (χ4v) is 2.77. The Balaban J connectivity index is 1.89. The highest BCUT2D eigenvalue weighted by molar-refractivity contribution is 6.31. The predicted molar refractivity (Wildman–Crippen MR) is 116 cm³/mol. The number of hydrogen-bond donors (Lipinski definition) is 2. The summed E-state index contributed by atoms with van der Waals surface area (Å²) in [7, 11) is 4.53. The van der Waals surface area contributed by atoms with Gasteiger partial charge in [0.05, 0.1) is 27.5 Å². The largest absolute Gasteiger partial charge is 0.493 e. The molecule has 9 heteroatoms. The van der Waals surface area contributed by atoms with Crippen LogP contribution in [0.1, 0.15) is 24.0 Å². The number of halogens is 1. The highest BCUT2D eigenvalue weighted by Gasteiger charge is 2.13. The molecule has 2 aromatic rings. The molecule has 0 spiro atoms. The van der Waals surface area contributed by atoms with Crippen molar-refractivity contribution in [2.45, 2.75) is 19.8 Å². The zero-order chi connectivity index (χ0) is 22.1. The van der Waals surface area contributed by atoms with Gasteiger partial charge in [0.1, 0.15) is 0 Å². The number of methoxy groups -OCH3 is 3. The Bertz CT molecular complexity index is 921. The lowest BCUT2D eigenvalue weighted by Gasteiger charge is -2.12. The van der Waals surface area contributed by atoms with Crippen LogP contribution >= 0.6 is 11.6 Å². The Labute approximate surface area is 180 Å². The van der Waals surface area contributed by atoms with Crippen molar-refractivity contribution in [1.29, 1.82) is 0 Å². The van der Waals surface area contributed by atoms with Crippen molar-refractivity contribution < 1.29 is 23.8 Å². The van der Waals surface area contributed by atoms with E-state index in [4.69, 9.17) is 25.8 Å². The smallest absolute Gasteiger partial charge is 0.240 e. The van der Waals surface area contributed by atoms with Crippen molar-refractivity contribution in [3.63, 3.8) is 0 Å². The van der Waals surface area contributed by atoms with Crippen molar-refractivity contribution in [2.24, 2.45) is 5.10 Å². The zero-order valence-electron chi connectivity index (χ0n) is 17.2. The lowest BCUT2D eigenvalue weighted by Crippen LogP contribution is -2.20. The maximum absolute atomic E-state index is 12.1. The predicted octanol–water partition coefficient (Wildman–Crippen LogP) is 3.54. The third-order valence-corrected chi connectivity index (χ3v) is 4.62. The molecule has 0 aromatic heterocycles. The number of rotatable bonds is 9. The SMILES string of the molecule is COc1cc(/C=N/NC(=O)CCC(=O)Nc2cccc(Cl)c2C)cc(OC)c1OC. The molecule has 0 heterocycles. The minimum Gasteiger partial charge on any atom is -0.493 e. The van der Waals surface area contributed by atoms with E-state index in [0.29, 0.717) is 33.5 Å². The summed E-state index contributed by atoms with van der Waals surface area (Å²) in [6.45, 7) is 1.81. The van der Waals surface area contributed by atoms with E-state index in [0.717, 1.165) is 5.56 Å². The lowest BCUT2D eigenvalue weighted by molar-refractivity contribution is -0.124. The molecule has 0 aliphatic rings. The van der Waals surface area contributed by atoms with Crippen molar-refractivity contribution in [3.8, 4) is 17.2 Å². The van der Waals surface area contributed by atoms with Crippen LogP contribution in [0.3, 0.4) is 0 Å². The van der Waals surface area contributed by atoms with E-state index < -0.39 is 5.91 Å². The molecular weight excluding hydrogens is 410 g/mol. The molecule has 2 amide bonds. The van der Waals surface area contributed by atoms with Gasteiger partial charge in [-0.1, -0.05) is 17.7 Å². The molecule has 2 rings (SSSR count). The molecule has 160 valence electrons. The van der Waals surface area contributed by atoms with Crippen LogP contribution < -0.4 is 25.0 Å². The van der Waals surface area contributed by atoms with Gasteiger partial charge < -0.3 is 19.5 Å². The maximum Gasteiger partial charge on any atom is 0.240 e. The van der Waals surface area contributed by atoms with E-state index >= 15 is 0 Å². The average molecular weight is 434 g/mol. The number of amides is 2. The highest BCUT2D eigenvalue weighted by Crippen LogP contribution is 2.37. The summed E-state index contributed by atoms with van der Waals surface area (Å²) in [6, 6.07) is 8.62. The van der Waals surface area contributed by atoms with Gasteiger partial charge in [0.25, 0.3) is 0 Å². The van der Waals surface area contributed by atoms with E-state index in [1.54, 1.807) is 30.3 Å². The highest BCUT2D eigenvalue weighted by atomic mass is 35.5. The average Bonchev–Trinajstić information content (AvgIpc) is 2.74. The molecule has 0 aliphatic carbocycles. The van der Waals surface area contributed by atoms with Crippen LogP contribution in [0.4, 0.5) is 5.69 Å². The number of hydrazone groups is 1. The molecule has 8 nitrogen and oxygen atoms in total. The second-order valence-electron chi connectivity index (χ2n) is 6.21. The van der Waals surface area contributed by atoms with Crippen molar-refractivity contribution in [3.05, 3.63) is 46.5 Å². The number of hydrogen-bond acceptors (Lipinski definition) is 6. The monoisotopic (exact) mass is 433 g/mol. The normalized spacial score (nSPS) is 10.6. The lowest BCUT2D eigenvalue weighted by atomic mass is 10.2. The molecule has 30 heavy (non-hydrogen) atoms. The van der Waals surface area contributed by atoms with E-state index in [9.17, 15) is 9.59 Å². The minimum atomic E-state index is -0.392. The first-order valence-corrected chi connectivity index (χ1v) is 9.44. The van der Waals surface area contributed by atoms with E-state index in [-0.39, 0.29) is 18.7 Å². The second-order valence-corrected chi connectivity index (χ2v) is 6.62. The van der Waals surface area contributed by atoms with Crippen LogP contribution in [0.5, 0.6) is 17.2 Å². The number of anilines is 1. The molecule has 0 aliphatic heterocycles. The fourth-order valence-electron chi connectivity index (χ4n) is 2.59. The van der Waals surface area contributed by atoms with Crippen molar-refractivity contribution in [2.75, 3.05) is 26.6 Å². The quantitative estimate of drug-likeness (QED) is 0.465. The summed E-state index contributed by atoms with van der Waals surface area (Å²) in [4.78, 5) is 24.0. The first-order chi connectivity index (χ1) is 14.4. The molecule has 0 saturated carbocycles. The Morgan fingerprint density at radius 3 is 2.27 bits per heavy atom. The third-order valence-electron chi connectivity index (χ3n) is 4.21. The molecule has 0 saturated heterocycles. The summed E-state index contributed by atoms with van der Waals surface area (Å²) >= 11 is 6.03. The van der Waals surface area contributed by atoms with Gasteiger partial charge in [-0.2, -0.15) is 5.10 Å². The molecule has 0 fully saturated rings. The van der Waals surface area contributed by atoms with E-state index in [1.165, 1.54) is 27.5 Å². The van der Waals surface area contributed by atoms with Crippen molar-refractivity contribution >= 4 is 35.3 Å². The van der Waals surface area contributed by atoms with Crippen LogP contribution in [0, 0.1) is 6.92 Å². The van der Waals surface area contributed by atoms with Gasteiger partial charge in [0.15, 0.2) is 11.5 Å². The third kappa shape index (κ3) is 6.12. The van der Waals surface area contributed by atoms with Gasteiger partial charge >= 0.3 is 0 Å². The molecule has 2 N–H and O–H groups in total. The number of carbonyl (C=O) groups excluding carboxylic acids is 2. The van der Waals surface area contributed by atoms with Gasteiger partial charge in [-0.05, 0) is 36.8 Å². The first-order valence-electron chi connectivity index (χ1n) is 9.06. The number of nitrogens with one attached hydrogen (secondary N) is 2. The Morgan fingerprint density at radius 2 is 1.67 bits per heavy atom. The molecule has 0 atom stereocenters. The molecule has 0 radical (unpaired) electrons. The zero-order valence-corrected chi connectivity index (χ0v) is 18.0. The molecular formula is C21H24ClN3O5. The van der Waals surface area contributed by atoms with Gasteiger partial charge in [0, 0.05) is 29.1 Å². The van der Waals surface area contributed by atoms with Crippen LogP contribution in [-0.4, -0.2) is 39.4 Å². The topological polar surface area (TPSA) is 98.2 Å². The van der Waals surface area contributed by atoms with Crippen LogP contribution in [0.25, 0.3) is 0 Å². The minimum absolute atomic E-state index is 0.0114. The van der Waals surface area contributed by atoms with E-state index in [1.807, 2.05) is 6.92 Å². The van der Waals surface area contributed by atoms with E-state index in [2.05, 4.69) is 15.8 Å². The Hall–Kier alpha value is -3.26. The Kier molecular flexibility index (Phi) is 8.49. The van der Waals surface area contributed by atoms with Gasteiger partial charge in [-0.25, -0.2) is 5.43 Å². The first kappa shape index (κ1) is 23.0. The summed E-state index contributed by atoms with van der Waals surface area (Å²) < 4.78 is 15.8. The fraction of sp³-hybridized carbons (Fsp3) is 0.286. The number of benzene rings is 2. The standard InChI is InChI=1S/C21H24ClN3O5/c1-13-15(22)6-5-7-16(13)24-19(26)8-9-20(27)25-23-12-14-10-17(28-2)21(30-4)18(11-14)29-3/h5-7,10-12H,8-9H2,1-4H3,(H,24,26)(H,25,27)/b23-12+. The number of ether oxygens (including phenoxy) is 3. The molecule has 0 unspecified atom stereocenters. The molecule has 0 bridgehead atoms.